The van der Waals surface area contributed by atoms with E-state index in [1.807, 2.05) is 35.2 Å². The number of amides is 1. The zero-order valence-electron chi connectivity index (χ0n) is 10.4. The number of aromatic nitrogens is 2. The first-order valence-corrected chi connectivity index (χ1v) is 6.31. The van der Waals surface area contributed by atoms with Crippen LogP contribution in [0.3, 0.4) is 0 Å². The lowest BCUT2D eigenvalue weighted by Gasteiger charge is -2.15. The van der Waals surface area contributed by atoms with Crippen LogP contribution < -0.4 is 0 Å². The van der Waals surface area contributed by atoms with Crippen molar-refractivity contribution in [3.63, 3.8) is 0 Å². The van der Waals surface area contributed by atoms with E-state index in [2.05, 4.69) is 4.98 Å². The van der Waals surface area contributed by atoms with E-state index in [0.29, 0.717) is 25.1 Å². The first kappa shape index (κ1) is 11.9. The van der Waals surface area contributed by atoms with Gasteiger partial charge in [-0.1, -0.05) is 0 Å². The summed E-state index contributed by atoms with van der Waals surface area (Å²) in [5.41, 5.74) is 0.560. The van der Waals surface area contributed by atoms with Gasteiger partial charge in [-0.25, -0.2) is 4.98 Å². The molecule has 1 aliphatic heterocycles. The average molecular weight is 257 g/mol. The molecule has 0 aliphatic carbocycles. The minimum absolute atomic E-state index is 0.0666. The van der Waals surface area contributed by atoms with Crippen LogP contribution in [0.25, 0.3) is 5.82 Å². The molecule has 98 valence electrons. The van der Waals surface area contributed by atoms with Crippen LogP contribution in [-0.2, 0) is 0 Å². The summed E-state index contributed by atoms with van der Waals surface area (Å²) >= 11 is 0. The summed E-state index contributed by atoms with van der Waals surface area (Å²) in [6.45, 7) is 1.03. The Labute approximate surface area is 111 Å². The van der Waals surface area contributed by atoms with E-state index in [9.17, 15) is 9.90 Å². The highest BCUT2D eigenvalue weighted by Gasteiger charge is 2.25. The van der Waals surface area contributed by atoms with Crippen LogP contribution in [0, 0.1) is 0 Å². The maximum Gasteiger partial charge on any atom is 0.255 e. The second kappa shape index (κ2) is 4.85. The Hall–Kier alpha value is -2.14. The molecule has 2 aromatic heterocycles. The Kier molecular flexibility index (Phi) is 3.05. The summed E-state index contributed by atoms with van der Waals surface area (Å²) in [4.78, 5) is 18.1. The van der Waals surface area contributed by atoms with E-state index in [0.717, 1.165) is 5.82 Å². The molecular formula is C14H15N3O2. The van der Waals surface area contributed by atoms with Crippen molar-refractivity contribution in [2.24, 2.45) is 0 Å². The van der Waals surface area contributed by atoms with Gasteiger partial charge in [0.2, 0.25) is 0 Å². The van der Waals surface area contributed by atoms with Crippen LogP contribution in [0.15, 0.2) is 42.9 Å². The minimum atomic E-state index is -0.393. The highest BCUT2D eigenvalue weighted by atomic mass is 16.3. The molecule has 1 N–H and O–H groups in total. The second-order valence-electron chi connectivity index (χ2n) is 4.69. The fraction of sp³-hybridized carbons (Fsp3) is 0.286. The molecule has 0 spiro atoms. The van der Waals surface area contributed by atoms with Gasteiger partial charge in [0, 0.05) is 31.7 Å². The van der Waals surface area contributed by atoms with Gasteiger partial charge in [0.25, 0.3) is 5.91 Å². The molecule has 1 atom stereocenters. The molecule has 19 heavy (non-hydrogen) atoms. The Morgan fingerprint density at radius 3 is 2.68 bits per heavy atom. The van der Waals surface area contributed by atoms with Gasteiger partial charge in [0.05, 0.1) is 11.7 Å². The van der Waals surface area contributed by atoms with Crippen LogP contribution >= 0.6 is 0 Å². The molecule has 0 unspecified atom stereocenters. The Morgan fingerprint density at radius 1 is 1.32 bits per heavy atom. The lowest BCUT2D eigenvalue weighted by Crippen LogP contribution is -2.29. The van der Waals surface area contributed by atoms with E-state index < -0.39 is 6.10 Å². The van der Waals surface area contributed by atoms with Crippen molar-refractivity contribution in [3.05, 3.63) is 48.4 Å². The number of β-amino-alcohol motifs (C(OH)–C–C–N with tert-alkyl or cyclic N) is 1. The summed E-state index contributed by atoms with van der Waals surface area (Å²) in [5.74, 6) is 0.714. The third kappa shape index (κ3) is 2.37. The minimum Gasteiger partial charge on any atom is -0.391 e. The van der Waals surface area contributed by atoms with E-state index in [1.165, 1.54) is 0 Å². The van der Waals surface area contributed by atoms with Crippen molar-refractivity contribution in [2.75, 3.05) is 13.1 Å². The van der Waals surface area contributed by atoms with Gasteiger partial charge in [-0.05, 0) is 30.7 Å². The van der Waals surface area contributed by atoms with Crippen molar-refractivity contribution >= 4 is 5.91 Å². The molecule has 5 heteroatoms. The number of aliphatic hydroxyl groups excluding tert-OH is 1. The van der Waals surface area contributed by atoms with Gasteiger partial charge in [0.1, 0.15) is 5.82 Å². The first-order valence-electron chi connectivity index (χ1n) is 6.31. The lowest BCUT2D eigenvalue weighted by atomic mass is 10.2. The van der Waals surface area contributed by atoms with Gasteiger partial charge in [-0.2, -0.15) is 0 Å². The number of hydrogen-bond acceptors (Lipinski definition) is 3. The van der Waals surface area contributed by atoms with E-state index >= 15 is 0 Å². The fourth-order valence-corrected chi connectivity index (χ4v) is 2.26. The smallest absolute Gasteiger partial charge is 0.255 e. The van der Waals surface area contributed by atoms with Gasteiger partial charge in [-0.15, -0.1) is 0 Å². The number of nitrogens with zero attached hydrogens (tertiary/aromatic N) is 3. The van der Waals surface area contributed by atoms with Crippen molar-refractivity contribution < 1.29 is 9.90 Å². The number of hydrogen-bond donors (Lipinski definition) is 1. The van der Waals surface area contributed by atoms with E-state index in [4.69, 9.17) is 0 Å². The lowest BCUT2D eigenvalue weighted by molar-refractivity contribution is 0.0764. The van der Waals surface area contributed by atoms with Crippen molar-refractivity contribution in [2.45, 2.75) is 12.5 Å². The maximum absolute atomic E-state index is 12.2. The number of carbonyl (C=O) groups excluding carboxylic acids is 1. The van der Waals surface area contributed by atoms with Gasteiger partial charge < -0.3 is 14.6 Å². The molecule has 0 radical (unpaired) electrons. The van der Waals surface area contributed by atoms with Crippen LogP contribution in [-0.4, -0.2) is 44.7 Å². The zero-order chi connectivity index (χ0) is 13.2. The summed E-state index contributed by atoms with van der Waals surface area (Å²) in [7, 11) is 0. The molecule has 2 aromatic rings. The highest BCUT2D eigenvalue weighted by Crippen LogP contribution is 2.14. The molecule has 5 nitrogen and oxygen atoms in total. The molecule has 1 aliphatic rings. The Morgan fingerprint density at radius 2 is 2.11 bits per heavy atom. The predicted molar refractivity (Wildman–Crippen MR) is 70.1 cm³/mol. The van der Waals surface area contributed by atoms with Gasteiger partial charge in [0.15, 0.2) is 0 Å². The predicted octanol–water partition coefficient (Wildman–Crippen LogP) is 1.08. The largest absolute Gasteiger partial charge is 0.391 e. The summed E-state index contributed by atoms with van der Waals surface area (Å²) in [5, 5.41) is 9.45. The molecule has 0 aromatic carbocycles. The van der Waals surface area contributed by atoms with Crippen molar-refractivity contribution in [1.29, 1.82) is 0 Å². The fourth-order valence-electron chi connectivity index (χ4n) is 2.26. The molecule has 3 heterocycles. The molecule has 1 amide bonds. The van der Waals surface area contributed by atoms with Crippen LogP contribution in [0.1, 0.15) is 16.8 Å². The Balaban J connectivity index is 1.77. The molecule has 3 rings (SSSR count). The standard InChI is InChI=1S/C14H15N3O2/c18-12-5-8-17(10-12)14(19)11-3-4-13(15-9-11)16-6-1-2-7-16/h1-4,6-7,9,12,18H,5,8,10H2/t12-/m1/s1. The highest BCUT2D eigenvalue weighted by molar-refractivity contribution is 5.94. The van der Waals surface area contributed by atoms with Crippen LogP contribution in [0.4, 0.5) is 0 Å². The molecule has 1 saturated heterocycles. The number of aliphatic hydroxyl groups is 1. The quantitative estimate of drug-likeness (QED) is 0.875. The number of pyridine rings is 1. The van der Waals surface area contributed by atoms with Crippen LogP contribution in [0.2, 0.25) is 0 Å². The topological polar surface area (TPSA) is 58.4 Å². The normalized spacial score (nSPS) is 18.8. The van der Waals surface area contributed by atoms with Gasteiger partial charge in [-0.3, -0.25) is 4.79 Å². The van der Waals surface area contributed by atoms with Crippen molar-refractivity contribution in [3.8, 4) is 5.82 Å². The summed E-state index contributed by atoms with van der Waals surface area (Å²) in [6.07, 6.45) is 5.65. The average Bonchev–Trinajstić information content (AvgIpc) is 3.09. The summed E-state index contributed by atoms with van der Waals surface area (Å²) in [6, 6.07) is 7.44. The third-order valence-corrected chi connectivity index (χ3v) is 3.31. The monoisotopic (exact) mass is 257 g/mol. The number of carbonyl (C=O) groups is 1. The zero-order valence-corrected chi connectivity index (χ0v) is 10.4. The van der Waals surface area contributed by atoms with Crippen molar-refractivity contribution in [1.82, 2.24) is 14.5 Å². The van der Waals surface area contributed by atoms with E-state index in [1.54, 1.807) is 17.2 Å². The summed E-state index contributed by atoms with van der Waals surface area (Å²) < 4.78 is 1.88. The maximum atomic E-state index is 12.2. The third-order valence-electron chi connectivity index (χ3n) is 3.31. The Bertz CT molecular complexity index is 563. The molecule has 0 saturated carbocycles. The number of likely N-dealkylation sites (tertiary alicyclic amines) is 1. The second-order valence-corrected chi connectivity index (χ2v) is 4.69. The van der Waals surface area contributed by atoms with Crippen LogP contribution in [0.5, 0.6) is 0 Å². The first-order chi connectivity index (χ1) is 9.24. The molecule has 1 fully saturated rings. The van der Waals surface area contributed by atoms with E-state index in [-0.39, 0.29) is 5.91 Å². The van der Waals surface area contributed by atoms with Gasteiger partial charge >= 0.3 is 0 Å². The molecule has 0 bridgehead atoms. The molecular weight excluding hydrogens is 242 g/mol. The SMILES string of the molecule is O=C(c1ccc(-n2cccc2)nc1)N1CC[C@@H](O)C1. The number of rotatable bonds is 2.